The number of aryl methyl sites for hydroxylation is 1. The maximum Gasteiger partial charge on any atom is 0.277 e. The molecule has 0 aliphatic heterocycles. The maximum absolute atomic E-state index is 12.1. The van der Waals surface area contributed by atoms with Gasteiger partial charge in [0.1, 0.15) is 0 Å². The fourth-order valence-corrected chi connectivity index (χ4v) is 3.11. The fourth-order valence-electron chi connectivity index (χ4n) is 2.44. The Morgan fingerprint density at radius 1 is 1.32 bits per heavy atom. The smallest absolute Gasteiger partial charge is 0.277 e. The van der Waals surface area contributed by atoms with Gasteiger partial charge in [0.2, 0.25) is 5.91 Å². The Morgan fingerprint density at radius 3 is 2.92 bits per heavy atom. The molecule has 7 nitrogen and oxygen atoms in total. The first-order chi connectivity index (χ1) is 12.1. The summed E-state index contributed by atoms with van der Waals surface area (Å²) >= 11 is 1.18. The van der Waals surface area contributed by atoms with Crippen molar-refractivity contribution in [2.75, 3.05) is 5.75 Å². The molecule has 25 heavy (non-hydrogen) atoms. The summed E-state index contributed by atoms with van der Waals surface area (Å²) in [4.78, 5) is 37.4. The number of fused-ring (bicyclic) bond motifs is 1. The molecule has 1 amide bonds. The minimum Gasteiger partial charge on any atom is -0.353 e. The third-order valence-corrected chi connectivity index (χ3v) is 4.60. The quantitative estimate of drug-likeness (QED) is 0.442. The van der Waals surface area contributed by atoms with Crippen LogP contribution in [-0.2, 0) is 11.2 Å². The van der Waals surface area contributed by atoms with E-state index in [1.54, 1.807) is 0 Å². The molecular formula is C17H19N5O2S. The van der Waals surface area contributed by atoms with Crippen molar-refractivity contribution in [3.8, 4) is 0 Å². The summed E-state index contributed by atoms with van der Waals surface area (Å²) in [6, 6.07) is 10.3. The van der Waals surface area contributed by atoms with Gasteiger partial charge in [-0.05, 0) is 25.3 Å². The Bertz CT molecular complexity index is 906. The first-order valence-electron chi connectivity index (χ1n) is 8.01. The monoisotopic (exact) mass is 357 g/mol. The summed E-state index contributed by atoms with van der Waals surface area (Å²) in [5.41, 5.74) is 1.65. The Hall–Kier alpha value is -2.61. The van der Waals surface area contributed by atoms with Gasteiger partial charge in [-0.2, -0.15) is 0 Å². The van der Waals surface area contributed by atoms with Gasteiger partial charge in [0.15, 0.2) is 16.3 Å². The van der Waals surface area contributed by atoms with Crippen LogP contribution in [0, 0.1) is 0 Å². The fraction of sp³-hybridized carbons (Fsp3) is 0.294. The minimum absolute atomic E-state index is 0.0779. The lowest BCUT2D eigenvalue weighted by Crippen LogP contribution is -2.34. The number of nitrogens with zero attached hydrogens (tertiary/aromatic N) is 2. The lowest BCUT2D eigenvalue weighted by molar-refractivity contribution is -0.119. The van der Waals surface area contributed by atoms with Crippen LogP contribution in [0.1, 0.15) is 18.9 Å². The predicted octanol–water partition coefficient (Wildman–Crippen LogP) is 1.88. The van der Waals surface area contributed by atoms with Crippen LogP contribution in [0.5, 0.6) is 0 Å². The molecule has 3 rings (SSSR count). The molecule has 0 saturated heterocycles. The van der Waals surface area contributed by atoms with Gasteiger partial charge in [-0.1, -0.05) is 42.1 Å². The highest BCUT2D eigenvalue weighted by atomic mass is 32.2. The van der Waals surface area contributed by atoms with Crippen molar-refractivity contribution in [2.24, 2.45) is 0 Å². The van der Waals surface area contributed by atoms with Crippen molar-refractivity contribution in [1.82, 2.24) is 25.3 Å². The van der Waals surface area contributed by atoms with Gasteiger partial charge < -0.3 is 10.3 Å². The van der Waals surface area contributed by atoms with E-state index in [4.69, 9.17) is 0 Å². The van der Waals surface area contributed by atoms with E-state index in [9.17, 15) is 9.59 Å². The molecule has 8 heteroatoms. The average Bonchev–Trinajstić information content (AvgIpc) is 3.08. The summed E-state index contributed by atoms with van der Waals surface area (Å²) in [6.45, 7) is 1.99. The number of amides is 1. The zero-order valence-corrected chi connectivity index (χ0v) is 14.6. The standard InChI is InChI=1S/C17H19N5O2S/c1-11(7-8-12-5-3-2-4-6-12)20-13(23)9-25-17-21-15-14(16(24)22-17)18-10-19-15/h2-6,10-11H,7-9H2,1H3,(H,20,23)(H2,18,19,21,22,24). The van der Waals surface area contributed by atoms with Crippen molar-refractivity contribution in [2.45, 2.75) is 31.0 Å². The van der Waals surface area contributed by atoms with Gasteiger partial charge in [-0.25, -0.2) is 9.97 Å². The van der Waals surface area contributed by atoms with E-state index in [-0.39, 0.29) is 23.3 Å². The number of nitrogens with one attached hydrogen (secondary N) is 3. The van der Waals surface area contributed by atoms with E-state index in [1.807, 2.05) is 25.1 Å². The van der Waals surface area contributed by atoms with E-state index in [2.05, 4.69) is 37.4 Å². The Kier molecular flexibility index (Phi) is 5.49. The predicted molar refractivity (Wildman–Crippen MR) is 97.6 cm³/mol. The number of thioether (sulfide) groups is 1. The third-order valence-electron chi connectivity index (χ3n) is 3.73. The normalized spacial score (nSPS) is 12.2. The zero-order chi connectivity index (χ0) is 17.6. The number of hydrogen-bond donors (Lipinski definition) is 3. The number of aromatic amines is 2. The Labute approximate surface area is 148 Å². The third kappa shape index (κ3) is 4.69. The first kappa shape index (κ1) is 17.2. The Morgan fingerprint density at radius 2 is 2.12 bits per heavy atom. The van der Waals surface area contributed by atoms with Crippen LogP contribution in [-0.4, -0.2) is 37.6 Å². The molecule has 1 aromatic carbocycles. The van der Waals surface area contributed by atoms with Crippen LogP contribution < -0.4 is 10.9 Å². The molecule has 0 aliphatic rings. The molecule has 0 radical (unpaired) electrons. The van der Waals surface area contributed by atoms with E-state index in [0.717, 1.165) is 12.8 Å². The lowest BCUT2D eigenvalue weighted by atomic mass is 10.1. The highest BCUT2D eigenvalue weighted by Crippen LogP contribution is 2.13. The van der Waals surface area contributed by atoms with Gasteiger partial charge in [0.25, 0.3) is 5.56 Å². The van der Waals surface area contributed by atoms with Gasteiger partial charge in [0, 0.05) is 6.04 Å². The second kappa shape index (κ2) is 7.98. The second-order valence-electron chi connectivity index (χ2n) is 5.75. The van der Waals surface area contributed by atoms with Gasteiger partial charge in [-0.15, -0.1) is 0 Å². The molecule has 0 spiro atoms. The molecule has 0 saturated carbocycles. The number of carbonyl (C=O) groups is 1. The number of rotatable bonds is 7. The van der Waals surface area contributed by atoms with Gasteiger partial charge in [-0.3, -0.25) is 14.6 Å². The molecule has 1 atom stereocenters. The average molecular weight is 357 g/mol. The van der Waals surface area contributed by atoms with Crippen molar-refractivity contribution in [3.63, 3.8) is 0 Å². The molecule has 3 aromatic rings. The maximum atomic E-state index is 12.1. The molecular weight excluding hydrogens is 338 g/mol. The van der Waals surface area contributed by atoms with E-state index < -0.39 is 0 Å². The molecule has 2 aromatic heterocycles. The second-order valence-corrected chi connectivity index (χ2v) is 6.72. The molecule has 2 heterocycles. The molecule has 3 N–H and O–H groups in total. The van der Waals surface area contributed by atoms with E-state index in [1.165, 1.54) is 23.7 Å². The van der Waals surface area contributed by atoms with E-state index in [0.29, 0.717) is 16.3 Å². The van der Waals surface area contributed by atoms with E-state index >= 15 is 0 Å². The summed E-state index contributed by atoms with van der Waals surface area (Å²) in [5.74, 6) is 0.101. The molecule has 0 fully saturated rings. The Balaban J connectivity index is 1.47. The van der Waals surface area contributed by atoms with Crippen molar-refractivity contribution in [1.29, 1.82) is 0 Å². The number of benzene rings is 1. The van der Waals surface area contributed by atoms with Crippen LogP contribution in [0.25, 0.3) is 11.2 Å². The minimum atomic E-state index is -0.290. The summed E-state index contributed by atoms with van der Waals surface area (Å²) < 4.78 is 0. The first-order valence-corrected chi connectivity index (χ1v) is 9.00. The lowest BCUT2D eigenvalue weighted by Gasteiger charge is -2.13. The highest BCUT2D eigenvalue weighted by molar-refractivity contribution is 7.99. The van der Waals surface area contributed by atoms with Crippen molar-refractivity contribution >= 4 is 28.8 Å². The molecule has 1 unspecified atom stereocenters. The van der Waals surface area contributed by atoms with Crippen molar-refractivity contribution < 1.29 is 4.79 Å². The van der Waals surface area contributed by atoms with Crippen LogP contribution >= 0.6 is 11.8 Å². The van der Waals surface area contributed by atoms with Crippen molar-refractivity contribution in [3.05, 3.63) is 52.6 Å². The van der Waals surface area contributed by atoms with Crippen LogP contribution in [0.2, 0.25) is 0 Å². The molecule has 0 bridgehead atoms. The highest BCUT2D eigenvalue weighted by Gasteiger charge is 2.11. The van der Waals surface area contributed by atoms with Gasteiger partial charge in [0.05, 0.1) is 12.1 Å². The molecule has 0 aliphatic carbocycles. The largest absolute Gasteiger partial charge is 0.353 e. The van der Waals surface area contributed by atoms with Crippen LogP contribution in [0.4, 0.5) is 0 Å². The number of H-pyrrole nitrogens is 2. The SMILES string of the molecule is CC(CCc1ccccc1)NC(=O)CSc1nc2nc[nH]c2c(=O)[nH]1. The van der Waals surface area contributed by atoms with Crippen LogP contribution in [0.15, 0.2) is 46.6 Å². The number of hydrogen-bond acceptors (Lipinski definition) is 5. The van der Waals surface area contributed by atoms with Gasteiger partial charge >= 0.3 is 0 Å². The summed E-state index contributed by atoms with van der Waals surface area (Å²) in [5, 5.41) is 3.35. The van der Waals surface area contributed by atoms with Crippen LogP contribution in [0.3, 0.4) is 0 Å². The number of carbonyl (C=O) groups excluding carboxylic acids is 1. The topological polar surface area (TPSA) is 104 Å². The summed E-state index contributed by atoms with van der Waals surface area (Å²) in [7, 11) is 0. The summed E-state index contributed by atoms with van der Waals surface area (Å²) in [6.07, 6.45) is 3.21. The molecule has 130 valence electrons. The number of imidazole rings is 1. The number of aromatic nitrogens is 4. The zero-order valence-electron chi connectivity index (χ0n) is 13.8.